The Balaban J connectivity index is 1.51. The van der Waals surface area contributed by atoms with Crippen LogP contribution in [0, 0.1) is 12.7 Å². The molecule has 1 aromatic heterocycles. The first kappa shape index (κ1) is 18.4. The van der Waals surface area contributed by atoms with Gasteiger partial charge in [0.1, 0.15) is 5.82 Å². The number of para-hydroxylation sites is 1. The summed E-state index contributed by atoms with van der Waals surface area (Å²) < 4.78 is 13.2. The molecule has 0 saturated carbocycles. The number of nitrogens with one attached hydrogen (secondary N) is 1. The highest BCUT2D eigenvalue weighted by molar-refractivity contribution is 5.96. The van der Waals surface area contributed by atoms with Crippen molar-refractivity contribution in [2.24, 2.45) is 0 Å². The van der Waals surface area contributed by atoms with Crippen molar-refractivity contribution in [2.75, 3.05) is 18.0 Å². The summed E-state index contributed by atoms with van der Waals surface area (Å²) in [6.07, 6.45) is 1.78. The summed E-state index contributed by atoms with van der Waals surface area (Å²) in [6.45, 7) is 5.84. The Kier molecular flexibility index (Phi) is 4.96. The number of rotatable bonds is 4. The van der Waals surface area contributed by atoms with Gasteiger partial charge < -0.3 is 4.90 Å². The first-order chi connectivity index (χ1) is 13.5. The summed E-state index contributed by atoms with van der Waals surface area (Å²) >= 11 is 0. The van der Waals surface area contributed by atoms with Crippen molar-refractivity contribution in [3.8, 4) is 11.3 Å². The molecule has 2 aromatic carbocycles. The average molecular weight is 378 g/mol. The van der Waals surface area contributed by atoms with E-state index in [1.807, 2.05) is 36.1 Å². The second-order valence-corrected chi connectivity index (χ2v) is 7.35. The smallest absolute Gasteiger partial charge is 0.241 e. The molecule has 6 heteroatoms. The van der Waals surface area contributed by atoms with Gasteiger partial charge in [0.25, 0.3) is 0 Å². The van der Waals surface area contributed by atoms with E-state index >= 15 is 0 Å². The minimum absolute atomic E-state index is 0.0727. The number of hydrogen-bond donors (Lipinski definition) is 1. The highest BCUT2D eigenvalue weighted by Gasteiger charge is 2.31. The zero-order chi connectivity index (χ0) is 19.7. The molecule has 5 nitrogen and oxygen atoms in total. The third-order valence-corrected chi connectivity index (χ3v) is 5.21. The predicted molar refractivity (Wildman–Crippen MR) is 107 cm³/mol. The van der Waals surface area contributed by atoms with Crippen LogP contribution in [0.2, 0.25) is 0 Å². The van der Waals surface area contributed by atoms with Crippen LogP contribution in [0.4, 0.5) is 10.1 Å². The standard InChI is InChI=1S/C22H23FN4O/c1-15-5-3-4-6-20(15)27-16(2)12-26(14-21(27)28)13-18-11-24-25-22(18)17-7-9-19(23)10-8-17/h3-11,16H,12-14H2,1-2H3,(H,24,25)/t16-/m0/s1. The number of aromatic nitrogens is 2. The molecular formula is C22H23FN4O. The lowest BCUT2D eigenvalue weighted by atomic mass is 10.1. The van der Waals surface area contributed by atoms with Gasteiger partial charge in [-0.25, -0.2) is 4.39 Å². The molecule has 0 unspecified atom stereocenters. The number of benzene rings is 2. The Hall–Kier alpha value is -2.99. The molecular weight excluding hydrogens is 355 g/mol. The maximum Gasteiger partial charge on any atom is 0.241 e. The Labute approximate surface area is 163 Å². The first-order valence-corrected chi connectivity index (χ1v) is 9.41. The Bertz CT molecular complexity index is 982. The third-order valence-electron chi connectivity index (χ3n) is 5.21. The van der Waals surface area contributed by atoms with Crippen LogP contribution >= 0.6 is 0 Å². The van der Waals surface area contributed by atoms with Crippen LogP contribution in [-0.4, -0.2) is 40.1 Å². The molecule has 1 saturated heterocycles. The van der Waals surface area contributed by atoms with Crippen LogP contribution in [0.5, 0.6) is 0 Å². The van der Waals surface area contributed by atoms with E-state index in [2.05, 4.69) is 22.0 Å². The van der Waals surface area contributed by atoms with Gasteiger partial charge in [-0.05, 0) is 49.7 Å². The number of anilines is 1. The van der Waals surface area contributed by atoms with Crippen LogP contribution in [-0.2, 0) is 11.3 Å². The van der Waals surface area contributed by atoms with Gasteiger partial charge in [-0.1, -0.05) is 18.2 Å². The molecule has 2 heterocycles. The van der Waals surface area contributed by atoms with Gasteiger partial charge in [0.05, 0.1) is 18.4 Å². The van der Waals surface area contributed by atoms with Gasteiger partial charge in [0, 0.05) is 35.9 Å². The number of amides is 1. The number of halogens is 1. The van der Waals surface area contributed by atoms with E-state index < -0.39 is 0 Å². The third kappa shape index (κ3) is 3.55. The van der Waals surface area contributed by atoms with Crippen molar-refractivity contribution in [1.82, 2.24) is 15.1 Å². The average Bonchev–Trinajstić information content (AvgIpc) is 3.11. The molecule has 1 amide bonds. The lowest BCUT2D eigenvalue weighted by Crippen LogP contribution is -2.55. The van der Waals surface area contributed by atoms with Crippen LogP contribution in [0.15, 0.2) is 54.7 Å². The van der Waals surface area contributed by atoms with Gasteiger partial charge in [-0.3, -0.25) is 14.8 Å². The fourth-order valence-corrected chi connectivity index (χ4v) is 3.90. The quantitative estimate of drug-likeness (QED) is 0.752. The maximum atomic E-state index is 13.2. The lowest BCUT2D eigenvalue weighted by molar-refractivity contribution is -0.122. The molecule has 0 spiro atoms. The summed E-state index contributed by atoms with van der Waals surface area (Å²) in [6, 6.07) is 14.4. The number of hydrogen-bond acceptors (Lipinski definition) is 3. The van der Waals surface area contributed by atoms with Crippen LogP contribution in [0.3, 0.4) is 0 Å². The zero-order valence-electron chi connectivity index (χ0n) is 16.0. The Morgan fingerprint density at radius 3 is 2.64 bits per heavy atom. The largest absolute Gasteiger partial charge is 0.307 e. The summed E-state index contributed by atoms with van der Waals surface area (Å²) in [5.74, 6) is -0.170. The van der Waals surface area contributed by atoms with E-state index in [9.17, 15) is 9.18 Å². The first-order valence-electron chi connectivity index (χ1n) is 9.41. The van der Waals surface area contributed by atoms with Gasteiger partial charge >= 0.3 is 0 Å². The molecule has 28 heavy (non-hydrogen) atoms. The zero-order valence-corrected chi connectivity index (χ0v) is 16.0. The molecule has 1 aliphatic heterocycles. The molecule has 1 N–H and O–H groups in total. The van der Waals surface area contributed by atoms with Crippen molar-refractivity contribution >= 4 is 11.6 Å². The minimum Gasteiger partial charge on any atom is -0.307 e. The Morgan fingerprint density at radius 1 is 1.18 bits per heavy atom. The monoisotopic (exact) mass is 378 g/mol. The van der Waals surface area contributed by atoms with Crippen molar-refractivity contribution in [3.63, 3.8) is 0 Å². The van der Waals surface area contributed by atoms with E-state index in [4.69, 9.17) is 0 Å². The molecule has 0 radical (unpaired) electrons. The molecule has 4 rings (SSSR count). The van der Waals surface area contributed by atoms with Gasteiger partial charge in [0.15, 0.2) is 0 Å². The van der Waals surface area contributed by atoms with Gasteiger partial charge in [0.2, 0.25) is 5.91 Å². The SMILES string of the molecule is Cc1ccccc1N1C(=O)CN(Cc2cn[nH]c2-c2ccc(F)cc2)C[C@@H]1C. The normalized spacial score (nSPS) is 17.9. The summed E-state index contributed by atoms with van der Waals surface area (Å²) in [5.41, 5.74) is 4.82. The number of aryl methyl sites for hydroxylation is 1. The minimum atomic E-state index is -0.267. The molecule has 1 atom stereocenters. The lowest BCUT2D eigenvalue weighted by Gasteiger charge is -2.40. The number of carbonyl (C=O) groups excluding carboxylic acids is 1. The van der Waals surface area contributed by atoms with E-state index in [-0.39, 0.29) is 17.8 Å². The van der Waals surface area contributed by atoms with E-state index in [1.165, 1.54) is 12.1 Å². The number of carbonyl (C=O) groups is 1. The van der Waals surface area contributed by atoms with Crippen LogP contribution in [0.25, 0.3) is 11.3 Å². The molecule has 0 aliphatic carbocycles. The second-order valence-electron chi connectivity index (χ2n) is 7.35. The fourth-order valence-electron chi connectivity index (χ4n) is 3.90. The maximum absolute atomic E-state index is 13.2. The van der Waals surface area contributed by atoms with Crippen molar-refractivity contribution in [2.45, 2.75) is 26.4 Å². The van der Waals surface area contributed by atoms with E-state index in [0.29, 0.717) is 13.1 Å². The molecule has 1 fully saturated rings. The number of piperazine rings is 1. The van der Waals surface area contributed by atoms with Gasteiger partial charge in [-0.2, -0.15) is 5.10 Å². The molecule has 1 aliphatic rings. The van der Waals surface area contributed by atoms with E-state index in [0.717, 1.165) is 34.6 Å². The second kappa shape index (κ2) is 7.56. The number of nitrogens with zero attached hydrogens (tertiary/aromatic N) is 3. The summed E-state index contributed by atoms with van der Waals surface area (Å²) in [5, 5.41) is 7.16. The number of aromatic amines is 1. The van der Waals surface area contributed by atoms with Crippen LogP contribution < -0.4 is 4.90 Å². The molecule has 0 bridgehead atoms. The Morgan fingerprint density at radius 2 is 1.93 bits per heavy atom. The summed E-state index contributed by atoms with van der Waals surface area (Å²) in [4.78, 5) is 17.0. The van der Waals surface area contributed by atoms with Gasteiger partial charge in [-0.15, -0.1) is 0 Å². The summed E-state index contributed by atoms with van der Waals surface area (Å²) in [7, 11) is 0. The molecule has 3 aromatic rings. The fraction of sp³-hybridized carbons (Fsp3) is 0.273. The number of H-pyrrole nitrogens is 1. The van der Waals surface area contributed by atoms with E-state index in [1.54, 1.807) is 18.3 Å². The van der Waals surface area contributed by atoms with Crippen molar-refractivity contribution in [3.05, 3.63) is 71.7 Å². The predicted octanol–water partition coefficient (Wildman–Crippen LogP) is 3.76. The van der Waals surface area contributed by atoms with Crippen molar-refractivity contribution in [1.29, 1.82) is 0 Å². The van der Waals surface area contributed by atoms with Crippen LogP contribution in [0.1, 0.15) is 18.1 Å². The topological polar surface area (TPSA) is 52.2 Å². The van der Waals surface area contributed by atoms with Crippen molar-refractivity contribution < 1.29 is 9.18 Å². The molecule has 144 valence electrons. The highest BCUT2D eigenvalue weighted by atomic mass is 19.1. The highest BCUT2D eigenvalue weighted by Crippen LogP contribution is 2.27.